The molecule has 38 heavy (non-hydrogen) atoms. The van der Waals surface area contributed by atoms with Crippen LogP contribution in [0.5, 0.6) is 0 Å². The highest BCUT2D eigenvalue weighted by Crippen LogP contribution is 2.18. The number of rotatable bonds is 28. The van der Waals surface area contributed by atoms with Crippen LogP contribution >= 0.6 is 0 Å². The van der Waals surface area contributed by atoms with Gasteiger partial charge < -0.3 is 15.2 Å². The van der Waals surface area contributed by atoms with Crippen LogP contribution in [0.1, 0.15) is 162 Å². The number of carbonyl (C=O) groups is 3. The van der Waals surface area contributed by atoms with Gasteiger partial charge in [0.1, 0.15) is 12.6 Å². The normalized spacial score (nSPS) is 12.1. The molecule has 222 valence electrons. The molecular weight excluding hydrogens is 478 g/mol. The molecule has 0 aliphatic rings. The molecule has 0 radical (unpaired) electrons. The van der Waals surface area contributed by atoms with Gasteiger partial charge in [-0.05, 0) is 64.2 Å². The van der Waals surface area contributed by atoms with Crippen molar-refractivity contribution in [1.29, 1.82) is 0 Å². The lowest BCUT2D eigenvalue weighted by atomic mass is 10.0. The number of carboxylic acid groups (broad SMARTS) is 1. The van der Waals surface area contributed by atoms with Crippen LogP contribution in [0.2, 0.25) is 0 Å². The average Bonchev–Trinajstić information content (AvgIpc) is 2.89. The van der Waals surface area contributed by atoms with Gasteiger partial charge in [-0.2, -0.15) is 0 Å². The molecule has 1 amide bonds. The van der Waals surface area contributed by atoms with Gasteiger partial charge in [-0.1, -0.05) is 96.6 Å². The Morgan fingerprint density at radius 1 is 0.658 bits per heavy atom. The molecule has 0 heterocycles. The Kier molecular flexibility index (Phi) is 26.8. The van der Waals surface area contributed by atoms with Gasteiger partial charge in [-0.3, -0.25) is 14.4 Å². The van der Waals surface area contributed by atoms with Gasteiger partial charge in [0.25, 0.3) is 0 Å². The minimum Gasteiger partial charge on any atom is -0.480 e. The fourth-order valence-electron chi connectivity index (χ4n) is 4.57. The number of unbranched alkanes of at least 4 members (excludes halogenated alkanes) is 15. The van der Waals surface area contributed by atoms with E-state index in [0.717, 1.165) is 57.8 Å². The van der Waals surface area contributed by atoms with Crippen molar-refractivity contribution in [3.05, 3.63) is 12.2 Å². The van der Waals surface area contributed by atoms with Gasteiger partial charge in [0.05, 0.1) is 0 Å². The Bertz CT molecular complexity index is 605. The number of esters is 1. The summed E-state index contributed by atoms with van der Waals surface area (Å²) in [5.74, 6) is -1.28. The molecule has 0 bridgehead atoms. The summed E-state index contributed by atoms with van der Waals surface area (Å²) < 4.78 is 5.89. The van der Waals surface area contributed by atoms with E-state index >= 15 is 0 Å². The minimum absolute atomic E-state index is 0.00658. The number of amides is 1. The van der Waals surface area contributed by atoms with E-state index in [4.69, 9.17) is 9.84 Å². The number of ether oxygens (including phenoxy) is 1. The zero-order valence-corrected chi connectivity index (χ0v) is 24.8. The highest BCUT2D eigenvalue weighted by Gasteiger charge is 2.14. The van der Waals surface area contributed by atoms with Crippen LogP contribution in [0.3, 0.4) is 0 Å². The van der Waals surface area contributed by atoms with Gasteiger partial charge in [0.2, 0.25) is 5.91 Å². The van der Waals surface area contributed by atoms with Crippen molar-refractivity contribution in [1.82, 2.24) is 5.32 Å². The highest BCUT2D eigenvalue weighted by atomic mass is 16.5. The quantitative estimate of drug-likeness (QED) is 0.0591. The van der Waals surface area contributed by atoms with Crippen LogP contribution < -0.4 is 5.32 Å². The van der Waals surface area contributed by atoms with Gasteiger partial charge in [-0.15, -0.1) is 0 Å². The highest BCUT2D eigenvalue weighted by molar-refractivity contribution is 5.80. The number of nitrogens with one attached hydrogen (secondary N) is 1. The summed E-state index contributed by atoms with van der Waals surface area (Å²) in [6, 6.07) is 0. The second-order valence-electron chi connectivity index (χ2n) is 10.7. The van der Waals surface area contributed by atoms with Crippen molar-refractivity contribution >= 4 is 17.8 Å². The van der Waals surface area contributed by atoms with Crippen LogP contribution in [0, 0.1) is 0 Å². The molecule has 0 fully saturated rings. The Hall–Kier alpha value is -1.85. The first-order chi connectivity index (χ1) is 18.5. The Labute approximate surface area is 233 Å². The molecule has 0 aliphatic heterocycles. The van der Waals surface area contributed by atoms with E-state index < -0.39 is 5.97 Å². The number of carbonyl (C=O) groups excluding carboxylic acids is 2. The van der Waals surface area contributed by atoms with Gasteiger partial charge in [0.15, 0.2) is 0 Å². The molecule has 0 aromatic rings. The van der Waals surface area contributed by atoms with Gasteiger partial charge in [0, 0.05) is 12.8 Å². The molecule has 0 aliphatic carbocycles. The smallest absolute Gasteiger partial charge is 0.322 e. The molecule has 0 spiro atoms. The lowest BCUT2D eigenvalue weighted by Crippen LogP contribution is -2.28. The topological polar surface area (TPSA) is 92.7 Å². The van der Waals surface area contributed by atoms with Crippen molar-refractivity contribution in [3.63, 3.8) is 0 Å². The van der Waals surface area contributed by atoms with Gasteiger partial charge >= 0.3 is 11.9 Å². The maximum Gasteiger partial charge on any atom is 0.322 e. The van der Waals surface area contributed by atoms with E-state index in [0.29, 0.717) is 12.8 Å². The summed E-state index contributed by atoms with van der Waals surface area (Å²) >= 11 is 0. The van der Waals surface area contributed by atoms with Crippen LogP contribution in [0.25, 0.3) is 0 Å². The maximum absolute atomic E-state index is 12.5. The van der Waals surface area contributed by atoms with Crippen molar-refractivity contribution in [2.45, 2.75) is 168 Å². The van der Waals surface area contributed by atoms with Crippen LogP contribution in [0.4, 0.5) is 0 Å². The van der Waals surface area contributed by atoms with E-state index in [1.165, 1.54) is 77.0 Å². The molecule has 0 aromatic heterocycles. The van der Waals surface area contributed by atoms with Crippen molar-refractivity contribution in [2.75, 3.05) is 6.54 Å². The molecule has 0 saturated heterocycles. The third-order valence-electron chi connectivity index (χ3n) is 6.94. The lowest BCUT2D eigenvalue weighted by molar-refractivity contribution is -0.150. The fraction of sp³-hybridized carbons (Fsp3) is 0.844. The summed E-state index contributed by atoms with van der Waals surface area (Å²) in [7, 11) is 0. The molecule has 6 nitrogen and oxygen atoms in total. The zero-order valence-electron chi connectivity index (χ0n) is 24.8. The maximum atomic E-state index is 12.5. The van der Waals surface area contributed by atoms with Crippen LogP contribution in [-0.2, 0) is 19.1 Å². The number of hydrogen-bond acceptors (Lipinski definition) is 4. The first kappa shape index (κ1) is 36.1. The predicted octanol–water partition coefficient (Wildman–Crippen LogP) is 8.67. The molecule has 0 rings (SSSR count). The average molecular weight is 538 g/mol. The number of carboxylic acids is 1. The predicted molar refractivity (Wildman–Crippen MR) is 157 cm³/mol. The number of aliphatic carboxylic acids is 1. The summed E-state index contributed by atoms with van der Waals surface area (Å²) in [6.45, 7) is 4.14. The van der Waals surface area contributed by atoms with E-state index in [1.54, 1.807) is 0 Å². The number of hydrogen-bond donors (Lipinski definition) is 2. The largest absolute Gasteiger partial charge is 0.480 e. The lowest BCUT2D eigenvalue weighted by Gasteiger charge is -2.18. The summed E-state index contributed by atoms with van der Waals surface area (Å²) in [6.07, 6.45) is 29.0. The van der Waals surface area contributed by atoms with Crippen molar-refractivity contribution < 1.29 is 24.2 Å². The van der Waals surface area contributed by atoms with E-state index in [1.807, 2.05) is 0 Å². The fourth-order valence-corrected chi connectivity index (χ4v) is 4.57. The Balaban J connectivity index is 4.03. The second kappa shape index (κ2) is 28.2. The third kappa shape index (κ3) is 27.2. The molecule has 1 atom stereocenters. The summed E-state index contributed by atoms with van der Waals surface area (Å²) in [5.41, 5.74) is 0. The first-order valence-corrected chi connectivity index (χ1v) is 15.8. The Morgan fingerprint density at radius 3 is 1.74 bits per heavy atom. The first-order valence-electron chi connectivity index (χ1n) is 15.8. The number of allylic oxidation sites excluding steroid dienone is 2. The Morgan fingerprint density at radius 2 is 1.13 bits per heavy atom. The zero-order chi connectivity index (χ0) is 28.1. The molecule has 1 unspecified atom stereocenters. The summed E-state index contributed by atoms with van der Waals surface area (Å²) in [4.78, 5) is 34.6. The molecule has 0 saturated carbocycles. The minimum atomic E-state index is -1.02. The van der Waals surface area contributed by atoms with Crippen LogP contribution in [0.15, 0.2) is 12.2 Å². The molecular formula is C32H59NO5. The molecule has 0 aromatic carbocycles. The standard InChI is InChI=1S/C32H59NO5/c1-3-5-7-9-10-11-12-13-14-15-17-23-27-32(37)38-29(24-20-16-8-6-4-2)25-21-18-19-22-26-30(34)33-28-31(35)36/h10-11,29H,3-9,12-28H2,1-2H3,(H,33,34)(H,35,36)/b11-10-. The van der Waals surface area contributed by atoms with E-state index in [9.17, 15) is 14.4 Å². The third-order valence-corrected chi connectivity index (χ3v) is 6.94. The van der Waals surface area contributed by atoms with E-state index in [-0.39, 0.29) is 24.5 Å². The molecule has 2 N–H and O–H groups in total. The molecule has 6 heteroatoms. The second-order valence-corrected chi connectivity index (χ2v) is 10.7. The van der Waals surface area contributed by atoms with Gasteiger partial charge in [-0.25, -0.2) is 0 Å². The van der Waals surface area contributed by atoms with Crippen molar-refractivity contribution in [3.8, 4) is 0 Å². The van der Waals surface area contributed by atoms with E-state index in [2.05, 4.69) is 31.3 Å². The summed E-state index contributed by atoms with van der Waals surface area (Å²) in [5, 5.41) is 11.0. The van der Waals surface area contributed by atoms with Crippen LogP contribution in [-0.4, -0.2) is 35.6 Å². The SMILES string of the molecule is CCCCC/C=C\CCCCCCCC(=O)OC(CCCCCCC)CCCCCCC(=O)NCC(=O)O. The van der Waals surface area contributed by atoms with Crippen molar-refractivity contribution in [2.24, 2.45) is 0 Å². The monoisotopic (exact) mass is 537 g/mol.